The third kappa shape index (κ3) is 4.22. The maximum Gasteiger partial charge on any atom is 0.251 e. The van der Waals surface area contributed by atoms with E-state index in [1.165, 1.54) is 44.6 Å². The van der Waals surface area contributed by atoms with Crippen LogP contribution in [0.1, 0.15) is 28.6 Å². The summed E-state index contributed by atoms with van der Waals surface area (Å²) in [6.45, 7) is 0.262. The van der Waals surface area contributed by atoms with E-state index in [1.807, 2.05) is 0 Å². The van der Waals surface area contributed by atoms with E-state index in [1.54, 1.807) is 12.1 Å². The Morgan fingerprint density at radius 3 is 2.46 bits per heavy atom. The Morgan fingerprint density at radius 2 is 1.92 bits per heavy atom. The summed E-state index contributed by atoms with van der Waals surface area (Å²) in [7, 11) is -0.625. The van der Waals surface area contributed by atoms with Gasteiger partial charge >= 0.3 is 0 Å². The van der Waals surface area contributed by atoms with Gasteiger partial charge in [-0.2, -0.15) is 0 Å². The first-order valence-corrected chi connectivity index (χ1v) is 8.78. The number of aliphatic hydroxyl groups is 1. The van der Waals surface area contributed by atoms with Crippen LogP contribution in [0.2, 0.25) is 0 Å². The van der Waals surface area contributed by atoms with Crippen molar-refractivity contribution in [3.8, 4) is 0 Å². The molecule has 1 aromatic heterocycles. The van der Waals surface area contributed by atoms with Crippen LogP contribution >= 0.6 is 0 Å². The molecule has 0 spiro atoms. The van der Waals surface area contributed by atoms with Gasteiger partial charge in [-0.1, -0.05) is 0 Å². The second-order valence-corrected chi connectivity index (χ2v) is 7.54. The van der Waals surface area contributed by atoms with Crippen molar-refractivity contribution < 1.29 is 22.7 Å². The molecule has 8 heteroatoms. The van der Waals surface area contributed by atoms with Crippen LogP contribution in [0.5, 0.6) is 0 Å². The maximum absolute atomic E-state index is 12.0. The summed E-state index contributed by atoms with van der Waals surface area (Å²) in [5, 5.41) is 12.5. The van der Waals surface area contributed by atoms with E-state index in [0.29, 0.717) is 17.7 Å². The van der Waals surface area contributed by atoms with E-state index in [-0.39, 0.29) is 17.3 Å². The van der Waals surface area contributed by atoms with Gasteiger partial charge in [0.2, 0.25) is 10.0 Å². The Balaban J connectivity index is 1.91. The Kier molecular flexibility index (Phi) is 5.76. The largest absolute Gasteiger partial charge is 0.467 e. The third-order valence-corrected chi connectivity index (χ3v) is 5.30. The van der Waals surface area contributed by atoms with Gasteiger partial charge < -0.3 is 14.8 Å². The molecule has 2 N–H and O–H groups in total. The zero-order chi connectivity index (χ0) is 17.7. The van der Waals surface area contributed by atoms with Crippen molar-refractivity contribution in [2.45, 2.75) is 17.4 Å². The zero-order valence-corrected chi connectivity index (χ0v) is 14.3. The lowest BCUT2D eigenvalue weighted by Crippen LogP contribution is -2.26. The van der Waals surface area contributed by atoms with E-state index in [9.17, 15) is 18.3 Å². The number of hydrogen-bond donors (Lipinski definition) is 2. The molecule has 1 heterocycles. The molecule has 0 aliphatic rings. The Morgan fingerprint density at radius 1 is 1.25 bits per heavy atom. The molecule has 0 aliphatic heterocycles. The van der Waals surface area contributed by atoms with Crippen molar-refractivity contribution in [3.05, 3.63) is 54.0 Å². The van der Waals surface area contributed by atoms with Gasteiger partial charge in [-0.3, -0.25) is 4.79 Å². The Hall–Kier alpha value is -2.16. The lowest BCUT2D eigenvalue weighted by molar-refractivity contribution is 0.0936. The first-order valence-electron chi connectivity index (χ1n) is 7.34. The third-order valence-electron chi connectivity index (χ3n) is 3.47. The molecule has 0 fully saturated rings. The van der Waals surface area contributed by atoms with Crippen LogP contribution in [0.25, 0.3) is 0 Å². The summed E-state index contributed by atoms with van der Waals surface area (Å²) in [6, 6.07) is 9.03. The fraction of sp³-hybridized carbons (Fsp3) is 0.312. The molecule has 0 saturated carbocycles. The topological polar surface area (TPSA) is 99.9 Å². The first kappa shape index (κ1) is 18.2. The second kappa shape index (κ2) is 7.61. The number of amides is 1. The standard InChI is InChI=1S/C16H20N2O5S/c1-18(2)24(21,22)13-7-5-12(6-8-13)16(20)17-10-9-14(19)15-4-3-11-23-15/h3-8,11,14,19H,9-10H2,1-2H3,(H,17,20)/t14-/m0/s1. The fourth-order valence-electron chi connectivity index (χ4n) is 2.04. The molecular formula is C16H20N2O5S. The molecular weight excluding hydrogens is 332 g/mol. The molecule has 1 aromatic carbocycles. The van der Waals surface area contributed by atoms with Gasteiger partial charge in [0.05, 0.1) is 11.2 Å². The van der Waals surface area contributed by atoms with E-state index < -0.39 is 16.1 Å². The van der Waals surface area contributed by atoms with Gasteiger partial charge in [0.25, 0.3) is 5.91 Å². The van der Waals surface area contributed by atoms with E-state index in [4.69, 9.17) is 4.42 Å². The number of carbonyl (C=O) groups excluding carboxylic acids is 1. The van der Waals surface area contributed by atoms with Crippen LogP contribution in [0.3, 0.4) is 0 Å². The number of nitrogens with zero attached hydrogens (tertiary/aromatic N) is 1. The molecule has 0 aliphatic carbocycles. The van der Waals surface area contributed by atoms with Crippen LogP contribution in [-0.2, 0) is 10.0 Å². The van der Waals surface area contributed by atoms with Gasteiger partial charge in [0.15, 0.2) is 0 Å². The van der Waals surface area contributed by atoms with Crippen LogP contribution in [-0.4, -0.2) is 44.4 Å². The summed E-state index contributed by atoms with van der Waals surface area (Å²) < 4.78 is 30.1. The van der Waals surface area contributed by atoms with Gasteiger partial charge in [-0.15, -0.1) is 0 Å². The minimum Gasteiger partial charge on any atom is -0.467 e. The number of carbonyl (C=O) groups is 1. The molecule has 0 unspecified atom stereocenters. The minimum absolute atomic E-state index is 0.122. The lowest BCUT2D eigenvalue weighted by atomic mass is 10.2. The highest BCUT2D eigenvalue weighted by atomic mass is 32.2. The molecule has 2 aromatic rings. The maximum atomic E-state index is 12.0. The zero-order valence-electron chi connectivity index (χ0n) is 13.5. The summed E-state index contributed by atoms with van der Waals surface area (Å²) in [5.74, 6) is 0.109. The molecule has 7 nitrogen and oxygen atoms in total. The number of nitrogens with one attached hydrogen (secondary N) is 1. The number of benzene rings is 1. The molecule has 0 radical (unpaired) electrons. The van der Waals surface area contributed by atoms with Crippen molar-refractivity contribution >= 4 is 15.9 Å². The Bertz CT molecular complexity index is 767. The summed E-state index contributed by atoms with van der Waals surface area (Å²) in [6.07, 6.45) is 1.00. The fourth-order valence-corrected chi connectivity index (χ4v) is 2.94. The lowest BCUT2D eigenvalue weighted by Gasteiger charge is -2.12. The van der Waals surface area contributed by atoms with Crippen LogP contribution in [0, 0.1) is 0 Å². The van der Waals surface area contributed by atoms with E-state index in [0.717, 1.165) is 4.31 Å². The average molecular weight is 352 g/mol. The van der Waals surface area contributed by atoms with Gasteiger partial charge in [0.1, 0.15) is 11.9 Å². The van der Waals surface area contributed by atoms with E-state index >= 15 is 0 Å². The predicted octanol–water partition coefficient (Wildman–Crippen LogP) is 1.38. The predicted molar refractivity (Wildman–Crippen MR) is 87.9 cm³/mol. The SMILES string of the molecule is CN(C)S(=O)(=O)c1ccc(C(=O)NCC[C@H](O)c2ccco2)cc1. The number of rotatable bonds is 7. The van der Waals surface area contributed by atoms with Crippen molar-refractivity contribution in [3.63, 3.8) is 0 Å². The van der Waals surface area contributed by atoms with Crippen molar-refractivity contribution in [2.24, 2.45) is 0 Å². The van der Waals surface area contributed by atoms with Gasteiger partial charge in [-0.25, -0.2) is 12.7 Å². The molecule has 1 atom stereocenters. The molecule has 1 amide bonds. The quantitative estimate of drug-likeness (QED) is 0.784. The average Bonchev–Trinajstić information content (AvgIpc) is 3.09. The number of aliphatic hydroxyl groups excluding tert-OH is 1. The normalized spacial score (nSPS) is 13.0. The minimum atomic E-state index is -3.51. The number of hydrogen-bond acceptors (Lipinski definition) is 5. The molecule has 0 saturated heterocycles. The first-order chi connectivity index (χ1) is 11.3. The summed E-state index contributed by atoms with van der Waals surface area (Å²) >= 11 is 0. The van der Waals surface area contributed by atoms with Gasteiger partial charge in [0, 0.05) is 26.2 Å². The molecule has 24 heavy (non-hydrogen) atoms. The summed E-state index contributed by atoms with van der Waals surface area (Å²) in [5.41, 5.74) is 0.347. The van der Waals surface area contributed by atoms with Crippen molar-refractivity contribution in [1.82, 2.24) is 9.62 Å². The highest BCUT2D eigenvalue weighted by Crippen LogP contribution is 2.16. The van der Waals surface area contributed by atoms with Crippen LogP contribution < -0.4 is 5.32 Å². The van der Waals surface area contributed by atoms with Crippen molar-refractivity contribution in [1.29, 1.82) is 0 Å². The van der Waals surface area contributed by atoms with Crippen molar-refractivity contribution in [2.75, 3.05) is 20.6 Å². The smallest absolute Gasteiger partial charge is 0.251 e. The second-order valence-electron chi connectivity index (χ2n) is 5.39. The van der Waals surface area contributed by atoms with Crippen LogP contribution in [0.4, 0.5) is 0 Å². The van der Waals surface area contributed by atoms with Gasteiger partial charge in [-0.05, 0) is 42.8 Å². The highest BCUT2D eigenvalue weighted by molar-refractivity contribution is 7.89. The Labute approximate surface area is 140 Å². The van der Waals surface area contributed by atoms with E-state index in [2.05, 4.69) is 5.32 Å². The number of furan rings is 1. The summed E-state index contributed by atoms with van der Waals surface area (Å²) in [4.78, 5) is 12.2. The highest BCUT2D eigenvalue weighted by Gasteiger charge is 2.17. The van der Waals surface area contributed by atoms with Crippen LogP contribution in [0.15, 0.2) is 52.0 Å². The molecule has 130 valence electrons. The number of sulfonamides is 1. The molecule has 0 bridgehead atoms. The monoisotopic (exact) mass is 352 g/mol. The molecule has 2 rings (SSSR count).